The molecule has 0 bridgehead atoms. The van der Waals surface area contributed by atoms with Gasteiger partial charge in [-0.1, -0.05) is 12.1 Å². The second-order valence-electron chi connectivity index (χ2n) is 5.79. The predicted octanol–water partition coefficient (Wildman–Crippen LogP) is 0.629. The molecule has 1 aliphatic heterocycles. The van der Waals surface area contributed by atoms with Gasteiger partial charge in [0.05, 0.1) is 16.8 Å². The Labute approximate surface area is 141 Å². The minimum Gasteiger partial charge on any atom is -0.481 e. The summed E-state index contributed by atoms with van der Waals surface area (Å²) in [4.78, 5) is 46.9. The second kappa shape index (κ2) is 5.90. The minimum atomic E-state index is -0.925. The molecule has 0 unspecified atom stereocenters. The zero-order chi connectivity index (χ0) is 18.3. The van der Waals surface area contributed by atoms with Crippen LogP contribution in [0, 0.1) is 6.92 Å². The van der Waals surface area contributed by atoms with Crippen LogP contribution in [0.5, 0.6) is 0 Å². The summed E-state index contributed by atoms with van der Waals surface area (Å²) in [5, 5.41) is 10.9. The largest absolute Gasteiger partial charge is 0.481 e. The molecule has 0 saturated carbocycles. The highest BCUT2D eigenvalue weighted by Gasteiger charge is 2.32. The number of carbonyl (C=O) groups excluding carboxylic acids is 2. The average Bonchev–Trinajstić information content (AvgIpc) is 2.82. The van der Waals surface area contributed by atoms with Crippen molar-refractivity contribution in [1.82, 2.24) is 9.88 Å². The van der Waals surface area contributed by atoms with E-state index in [1.165, 1.54) is 0 Å². The van der Waals surface area contributed by atoms with E-state index in [1.54, 1.807) is 25.1 Å². The number of carboxylic acids is 1. The third kappa shape index (κ3) is 2.78. The Morgan fingerprint density at radius 2 is 1.92 bits per heavy atom. The van der Waals surface area contributed by atoms with Gasteiger partial charge in [-0.05, 0) is 30.5 Å². The molecule has 1 aromatic carbocycles. The van der Waals surface area contributed by atoms with Gasteiger partial charge in [0, 0.05) is 12.5 Å². The molecule has 25 heavy (non-hydrogen) atoms. The molecule has 0 fully saturated rings. The van der Waals surface area contributed by atoms with Crippen LogP contribution in [0.3, 0.4) is 0 Å². The number of nitrogen functional groups attached to an aromatic ring is 1. The van der Waals surface area contributed by atoms with Gasteiger partial charge in [-0.25, -0.2) is 0 Å². The monoisotopic (exact) mass is 341 g/mol. The number of pyridine rings is 1. The molecule has 0 aliphatic carbocycles. The van der Waals surface area contributed by atoms with Crippen molar-refractivity contribution in [3.05, 3.63) is 56.9 Å². The van der Waals surface area contributed by atoms with Crippen LogP contribution >= 0.6 is 0 Å². The molecule has 2 amide bonds. The standard InChI is InChI=1S/C17H15N3O5/c1-8-2-3-9(4-5-13(22)23)6-11(8)20-12(21)7-10-14(15(20)18)17(25)19-16(10)24/h2-3,6-7H,4-5,18H2,1H3,(H,22,23)(H,19,24,25). The number of carbonyl (C=O) groups is 3. The van der Waals surface area contributed by atoms with Crippen LogP contribution in [0.1, 0.15) is 38.3 Å². The molecule has 8 heteroatoms. The highest BCUT2D eigenvalue weighted by molar-refractivity contribution is 6.23. The number of fused-ring (bicyclic) bond motifs is 1. The van der Waals surface area contributed by atoms with Crippen molar-refractivity contribution < 1.29 is 19.5 Å². The van der Waals surface area contributed by atoms with E-state index in [9.17, 15) is 19.2 Å². The zero-order valence-corrected chi connectivity index (χ0v) is 13.3. The highest BCUT2D eigenvalue weighted by Crippen LogP contribution is 2.25. The number of nitrogens with two attached hydrogens (primary N) is 1. The average molecular weight is 341 g/mol. The predicted molar refractivity (Wildman–Crippen MR) is 88.9 cm³/mol. The van der Waals surface area contributed by atoms with Crippen molar-refractivity contribution in [2.45, 2.75) is 19.8 Å². The number of benzene rings is 1. The lowest BCUT2D eigenvalue weighted by atomic mass is 10.0. The van der Waals surface area contributed by atoms with E-state index in [4.69, 9.17) is 10.8 Å². The number of amides is 2. The van der Waals surface area contributed by atoms with Gasteiger partial charge < -0.3 is 10.8 Å². The summed E-state index contributed by atoms with van der Waals surface area (Å²) in [5.41, 5.74) is 7.29. The van der Waals surface area contributed by atoms with Gasteiger partial charge in [0.2, 0.25) is 0 Å². The lowest BCUT2D eigenvalue weighted by molar-refractivity contribution is -0.136. The molecule has 0 saturated heterocycles. The Balaban J connectivity index is 2.18. The maximum Gasteiger partial charge on any atom is 0.303 e. The van der Waals surface area contributed by atoms with E-state index in [1.807, 2.05) is 0 Å². The fraction of sp³-hybridized carbons (Fsp3) is 0.176. The van der Waals surface area contributed by atoms with Crippen molar-refractivity contribution in [3.63, 3.8) is 0 Å². The molecule has 2 aromatic rings. The molecule has 1 aliphatic rings. The topological polar surface area (TPSA) is 131 Å². The maximum atomic E-state index is 12.5. The summed E-state index contributed by atoms with van der Waals surface area (Å²) in [7, 11) is 0. The van der Waals surface area contributed by atoms with Crippen LogP contribution in [-0.2, 0) is 11.2 Å². The van der Waals surface area contributed by atoms with Gasteiger partial charge in [-0.2, -0.15) is 0 Å². The van der Waals surface area contributed by atoms with E-state index in [0.29, 0.717) is 12.1 Å². The number of aryl methyl sites for hydroxylation is 2. The van der Waals surface area contributed by atoms with E-state index in [2.05, 4.69) is 5.32 Å². The fourth-order valence-corrected chi connectivity index (χ4v) is 2.83. The van der Waals surface area contributed by atoms with Gasteiger partial charge in [-0.3, -0.25) is 29.1 Å². The first kappa shape index (κ1) is 16.4. The number of nitrogens with one attached hydrogen (secondary N) is 1. The molecule has 0 spiro atoms. The summed E-state index contributed by atoms with van der Waals surface area (Å²) >= 11 is 0. The van der Waals surface area contributed by atoms with E-state index >= 15 is 0 Å². The number of nitrogens with zero attached hydrogens (tertiary/aromatic N) is 1. The molecule has 3 rings (SSSR count). The number of hydrogen-bond acceptors (Lipinski definition) is 5. The number of hydrogen-bond donors (Lipinski definition) is 3. The molecular formula is C17H15N3O5. The van der Waals surface area contributed by atoms with Crippen LogP contribution in [0.2, 0.25) is 0 Å². The van der Waals surface area contributed by atoms with Gasteiger partial charge >= 0.3 is 5.97 Å². The molecule has 0 atom stereocenters. The minimum absolute atomic E-state index is 0.0278. The summed E-state index contributed by atoms with van der Waals surface area (Å²) < 4.78 is 1.16. The van der Waals surface area contributed by atoms with Crippen molar-refractivity contribution in [1.29, 1.82) is 0 Å². The second-order valence-corrected chi connectivity index (χ2v) is 5.79. The van der Waals surface area contributed by atoms with Gasteiger partial charge in [0.25, 0.3) is 17.4 Å². The van der Waals surface area contributed by atoms with Crippen molar-refractivity contribution >= 4 is 23.6 Å². The van der Waals surface area contributed by atoms with Gasteiger partial charge in [0.15, 0.2) is 0 Å². The third-order valence-corrected chi connectivity index (χ3v) is 4.10. The number of imide groups is 1. The van der Waals surface area contributed by atoms with Crippen LogP contribution in [0.15, 0.2) is 29.1 Å². The molecule has 128 valence electrons. The first-order valence-corrected chi connectivity index (χ1v) is 7.52. The Bertz CT molecular complexity index is 991. The third-order valence-electron chi connectivity index (χ3n) is 4.10. The number of rotatable bonds is 4. The van der Waals surface area contributed by atoms with E-state index in [0.717, 1.165) is 21.8 Å². The molecule has 2 heterocycles. The Morgan fingerprint density at radius 3 is 2.60 bits per heavy atom. The summed E-state index contributed by atoms with van der Waals surface area (Å²) in [6.45, 7) is 1.76. The molecule has 0 radical (unpaired) electrons. The van der Waals surface area contributed by atoms with Crippen LogP contribution in [0.4, 0.5) is 5.82 Å². The molecule has 1 aromatic heterocycles. The number of carboxylic acid groups (broad SMARTS) is 1. The summed E-state index contributed by atoms with van der Waals surface area (Å²) in [6, 6.07) is 6.26. The zero-order valence-electron chi connectivity index (χ0n) is 13.3. The maximum absolute atomic E-state index is 12.5. The lowest BCUT2D eigenvalue weighted by Crippen LogP contribution is -2.24. The van der Waals surface area contributed by atoms with Gasteiger partial charge in [0.1, 0.15) is 5.82 Å². The summed E-state index contributed by atoms with van der Waals surface area (Å²) in [5.74, 6) is -2.34. The van der Waals surface area contributed by atoms with Gasteiger partial charge in [-0.15, -0.1) is 0 Å². The number of anilines is 1. The van der Waals surface area contributed by atoms with E-state index < -0.39 is 23.3 Å². The smallest absolute Gasteiger partial charge is 0.303 e. The Hall–Kier alpha value is -3.42. The SMILES string of the molecule is Cc1ccc(CCC(=O)O)cc1-n1c(N)c2c(cc1=O)C(=O)NC2=O. The molecule has 8 nitrogen and oxygen atoms in total. The van der Waals surface area contributed by atoms with Crippen LogP contribution < -0.4 is 16.6 Å². The van der Waals surface area contributed by atoms with Crippen molar-refractivity contribution in [3.8, 4) is 5.69 Å². The first-order valence-electron chi connectivity index (χ1n) is 7.52. The number of aromatic nitrogens is 1. The quantitative estimate of drug-likeness (QED) is 0.699. The van der Waals surface area contributed by atoms with Crippen LogP contribution in [0.25, 0.3) is 5.69 Å². The van der Waals surface area contributed by atoms with Crippen molar-refractivity contribution in [2.75, 3.05) is 5.73 Å². The molecular weight excluding hydrogens is 326 g/mol. The van der Waals surface area contributed by atoms with E-state index in [-0.39, 0.29) is 23.4 Å². The normalized spacial score (nSPS) is 12.8. The Morgan fingerprint density at radius 1 is 1.20 bits per heavy atom. The first-order chi connectivity index (χ1) is 11.8. The Kier molecular flexibility index (Phi) is 3.88. The highest BCUT2D eigenvalue weighted by atomic mass is 16.4. The lowest BCUT2D eigenvalue weighted by Gasteiger charge is -2.15. The van der Waals surface area contributed by atoms with Crippen molar-refractivity contribution in [2.24, 2.45) is 0 Å². The van der Waals surface area contributed by atoms with Crippen LogP contribution in [-0.4, -0.2) is 27.5 Å². The summed E-state index contributed by atoms with van der Waals surface area (Å²) in [6.07, 6.45) is 0.245. The molecule has 4 N–H and O–H groups in total. The number of aliphatic carboxylic acids is 1. The fourth-order valence-electron chi connectivity index (χ4n) is 2.83.